The van der Waals surface area contributed by atoms with Crippen molar-refractivity contribution < 1.29 is 14.6 Å². The van der Waals surface area contributed by atoms with Crippen LogP contribution in [0.3, 0.4) is 0 Å². The fourth-order valence-corrected chi connectivity index (χ4v) is 4.34. The summed E-state index contributed by atoms with van der Waals surface area (Å²) in [4.78, 5) is 22.2. The lowest BCUT2D eigenvalue weighted by atomic mass is 9.99. The third-order valence-corrected chi connectivity index (χ3v) is 6.63. The monoisotopic (exact) mass is 448 g/mol. The van der Waals surface area contributed by atoms with Gasteiger partial charge in [0, 0.05) is 37.3 Å². The Kier molecular flexibility index (Phi) is 6.96. The second-order valence-electron chi connectivity index (χ2n) is 9.55. The normalized spacial score (nSPS) is 21.6. The molecule has 1 aliphatic heterocycles. The number of aromatic nitrogens is 1. The first kappa shape index (κ1) is 23.2. The summed E-state index contributed by atoms with van der Waals surface area (Å²) < 4.78 is 6.38. The van der Waals surface area contributed by atoms with Crippen LogP contribution >= 0.6 is 0 Å². The minimum absolute atomic E-state index is 0.0813. The molecule has 3 atom stereocenters. The molecule has 1 aliphatic carbocycles. The van der Waals surface area contributed by atoms with Gasteiger partial charge in [0.1, 0.15) is 11.7 Å². The molecule has 4 rings (SSSR count). The van der Waals surface area contributed by atoms with Crippen LogP contribution in [0.4, 0.5) is 0 Å². The van der Waals surface area contributed by atoms with Gasteiger partial charge in [0.25, 0.3) is 5.91 Å². The first-order valence-corrected chi connectivity index (χ1v) is 11.7. The van der Waals surface area contributed by atoms with Gasteiger partial charge < -0.3 is 19.6 Å². The van der Waals surface area contributed by atoms with Crippen molar-refractivity contribution in [2.45, 2.75) is 38.8 Å². The Morgan fingerprint density at radius 3 is 2.64 bits per heavy atom. The SMILES string of the molecule is C[C@H](CO)N1C[C@H](C)[C@H](CN(C)CC2CC2)Oc2ncc(-c3ccc(C#N)cc3)cc2C1=O. The topological polar surface area (TPSA) is 89.7 Å². The van der Waals surface area contributed by atoms with Gasteiger partial charge in [0.05, 0.1) is 24.3 Å². The standard InChI is InChI=1S/C26H32N4O3/c1-17-13-30(18(2)16-31)26(32)23-10-22(21-8-6-19(11-27)7-9-21)12-28-25(23)33-24(17)15-29(3)14-20-4-5-20/h6-10,12,17-18,20,24,31H,4-5,13-16H2,1-3H3/t17-,18+,24-/m0/s1. The average Bonchev–Trinajstić information content (AvgIpc) is 3.64. The van der Waals surface area contributed by atoms with E-state index in [-0.39, 0.29) is 30.6 Å². The number of hydrogen-bond donors (Lipinski definition) is 1. The molecule has 0 saturated heterocycles. The maximum atomic E-state index is 13.5. The first-order valence-electron chi connectivity index (χ1n) is 11.7. The molecular formula is C26H32N4O3. The Balaban J connectivity index is 1.68. The molecule has 1 N–H and O–H groups in total. The number of fused-ring (bicyclic) bond motifs is 1. The van der Waals surface area contributed by atoms with Crippen molar-refractivity contribution in [1.82, 2.24) is 14.8 Å². The fourth-order valence-electron chi connectivity index (χ4n) is 4.34. The summed E-state index contributed by atoms with van der Waals surface area (Å²) in [5.74, 6) is 1.01. The van der Waals surface area contributed by atoms with Crippen molar-refractivity contribution in [3.8, 4) is 23.1 Å². The molecule has 2 aliphatic rings. The Bertz CT molecular complexity index is 1030. The number of rotatable bonds is 7. The number of benzene rings is 1. The summed E-state index contributed by atoms with van der Waals surface area (Å²) in [5.41, 5.74) is 2.63. The smallest absolute Gasteiger partial charge is 0.259 e. The Labute approximate surface area is 195 Å². The van der Waals surface area contributed by atoms with Crippen molar-refractivity contribution in [3.05, 3.63) is 47.7 Å². The van der Waals surface area contributed by atoms with Crippen LogP contribution in [-0.2, 0) is 0 Å². The van der Waals surface area contributed by atoms with E-state index in [1.807, 2.05) is 25.1 Å². The van der Waals surface area contributed by atoms with E-state index < -0.39 is 0 Å². The highest BCUT2D eigenvalue weighted by molar-refractivity contribution is 5.98. The predicted molar refractivity (Wildman–Crippen MR) is 126 cm³/mol. The lowest BCUT2D eigenvalue weighted by molar-refractivity contribution is 0.0328. The van der Waals surface area contributed by atoms with Gasteiger partial charge in [-0.2, -0.15) is 5.26 Å². The lowest BCUT2D eigenvalue weighted by Crippen LogP contribution is -2.50. The van der Waals surface area contributed by atoms with Crippen molar-refractivity contribution in [3.63, 3.8) is 0 Å². The molecule has 33 heavy (non-hydrogen) atoms. The largest absolute Gasteiger partial charge is 0.472 e. The number of amides is 1. The van der Waals surface area contributed by atoms with E-state index in [0.717, 1.165) is 30.1 Å². The summed E-state index contributed by atoms with van der Waals surface area (Å²) in [6.07, 6.45) is 4.18. The second kappa shape index (κ2) is 9.90. The Hall–Kier alpha value is -2.95. The van der Waals surface area contributed by atoms with E-state index in [4.69, 9.17) is 10.00 Å². The molecule has 174 valence electrons. The predicted octanol–water partition coefficient (Wildman–Crippen LogP) is 3.18. The van der Waals surface area contributed by atoms with E-state index in [1.54, 1.807) is 23.2 Å². The number of aliphatic hydroxyl groups excluding tert-OH is 1. The third kappa shape index (κ3) is 5.35. The Morgan fingerprint density at radius 1 is 1.27 bits per heavy atom. The number of ether oxygens (including phenoxy) is 1. The van der Waals surface area contributed by atoms with E-state index in [9.17, 15) is 9.90 Å². The number of likely N-dealkylation sites (N-methyl/N-ethyl adjacent to an activating group) is 1. The molecule has 1 fully saturated rings. The second-order valence-corrected chi connectivity index (χ2v) is 9.55. The van der Waals surface area contributed by atoms with Gasteiger partial charge in [-0.05, 0) is 56.5 Å². The van der Waals surface area contributed by atoms with Crippen molar-refractivity contribution >= 4 is 5.91 Å². The molecule has 1 saturated carbocycles. The van der Waals surface area contributed by atoms with Gasteiger partial charge >= 0.3 is 0 Å². The number of nitriles is 1. The molecular weight excluding hydrogens is 416 g/mol. The summed E-state index contributed by atoms with van der Waals surface area (Å²) in [6.45, 7) is 6.16. The van der Waals surface area contributed by atoms with Crippen LogP contribution in [0.15, 0.2) is 36.5 Å². The average molecular weight is 449 g/mol. The number of pyridine rings is 1. The van der Waals surface area contributed by atoms with Crippen molar-refractivity contribution in [1.29, 1.82) is 5.26 Å². The van der Waals surface area contributed by atoms with E-state index in [1.165, 1.54) is 12.8 Å². The number of carbonyl (C=O) groups is 1. The Morgan fingerprint density at radius 2 is 2.00 bits per heavy atom. The molecule has 7 heteroatoms. The zero-order valence-corrected chi connectivity index (χ0v) is 19.6. The third-order valence-electron chi connectivity index (χ3n) is 6.63. The minimum Gasteiger partial charge on any atom is -0.472 e. The number of aliphatic hydroxyl groups is 1. The molecule has 0 unspecified atom stereocenters. The highest BCUT2D eigenvalue weighted by Gasteiger charge is 2.35. The molecule has 2 heterocycles. The van der Waals surface area contributed by atoms with Crippen LogP contribution in [0.1, 0.15) is 42.6 Å². The van der Waals surface area contributed by atoms with Gasteiger partial charge in [0.2, 0.25) is 5.88 Å². The van der Waals surface area contributed by atoms with Gasteiger partial charge in [-0.15, -0.1) is 0 Å². The minimum atomic E-state index is -0.311. The molecule has 0 radical (unpaired) electrons. The van der Waals surface area contributed by atoms with Crippen LogP contribution in [-0.4, -0.2) is 71.2 Å². The summed E-state index contributed by atoms with van der Waals surface area (Å²) >= 11 is 0. The number of nitrogens with zero attached hydrogens (tertiary/aromatic N) is 4. The van der Waals surface area contributed by atoms with Gasteiger partial charge in [-0.1, -0.05) is 19.1 Å². The van der Waals surface area contributed by atoms with Crippen LogP contribution in [0, 0.1) is 23.2 Å². The van der Waals surface area contributed by atoms with Gasteiger partial charge in [-0.25, -0.2) is 4.98 Å². The molecule has 7 nitrogen and oxygen atoms in total. The van der Waals surface area contributed by atoms with Gasteiger partial charge in [0.15, 0.2) is 0 Å². The summed E-state index contributed by atoms with van der Waals surface area (Å²) in [7, 11) is 2.12. The molecule has 1 amide bonds. The molecule has 2 aromatic rings. The maximum Gasteiger partial charge on any atom is 0.259 e. The van der Waals surface area contributed by atoms with E-state index in [2.05, 4.69) is 29.9 Å². The van der Waals surface area contributed by atoms with Crippen LogP contribution in [0.5, 0.6) is 5.88 Å². The summed E-state index contributed by atoms with van der Waals surface area (Å²) in [6, 6.07) is 10.8. The number of carbonyl (C=O) groups excluding carboxylic acids is 1. The zero-order valence-electron chi connectivity index (χ0n) is 19.6. The van der Waals surface area contributed by atoms with Crippen LogP contribution in [0.25, 0.3) is 11.1 Å². The molecule has 1 aromatic heterocycles. The van der Waals surface area contributed by atoms with Crippen molar-refractivity contribution in [2.24, 2.45) is 11.8 Å². The van der Waals surface area contributed by atoms with Crippen molar-refractivity contribution in [2.75, 3.05) is 33.3 Å². The lowest BCUT2D eigenvalue weighted by Gasteiger charge is -2.37. The maximum absolute atomic E-state index is 13.5. The van der Waals surface area contributed by atoms with Gasteiger partial charge in [-0.3, -0.25) is 4.79 Å². The fraction of sp³-hybridized carbons (Fsp3) is 0.500. The van der Waals surface area contributed by atoms with E-state index in [0.29, 0.717) is 23.6 Å². The zero-order chi connectivity index (χ0) is 23.5. The molecule has 1 aromatic carbocycles. The first-order chi connectivity index (χ1) is 15.9. The quantitative estimate of drug-likeness (QED) is 0.700. The number of hydrogen-bond acceptors (Lipinski definition) is 6. The van der Waals surface area contributed by atoms with Crippen LogP contribution in [0.2, 0.25) is 0 Å². The van der Waals surface area contributed by atoms with Crippen LogP contribution < -0.4 is 4.74 Å². The highest BCUT2D eigenvalue weighted by Crippen LogP contribution is 2.32. The summed E-state index contributed by atoms with van der Waals surface area (Å²) in [5, 5.41) is 18.9. The highest BCUT2D eigenvalue weighted by atomic mass is 16.5. The molecule has 0 bridgehead atoms. The van der Waals surface area contributed by atoms with E-state index >= 15 is 0 Å². The molecule has 0 spiro atoms.